The molecule has 0 saturated heterocycles. The summed E-state index contributed by atoms with van der Waals surface area (Å²) < 4.78 is 11.9. The minimum absolute atomic E-state index is 0.220. The number of methoxy groups -OCH3 is 2. The first kappa shape index (κ1) is 15.7. The average Bonchev–Trinajstić information content (AvgIpc) is 2.87. The Kier molecular flexibility index (Phi) is 5.50. The maximum atomic E-state index is 12.7. The van der Waals surface area contributed by atoms with Gasteiger partial charge in [-0.1, -0.05) is 41.9 Å². The molecule has 0 bridgehead atoms. The Morgan fingerprint density at radius 1 is 1.33 bits per heavy atom. The Balaban J connectivity index is 2.32. The number of hydrogen-bond donors (Lipinski definition) is 0. The van der Waals surface area contributed by atoms with Gasteiger partial charge in [0.15, 0.2) is 0 Å². The summed E-state index contributed by atoms with van der Waals surface area (Å²) in [6.45, 7) is 0.900. The molecule has 0 aliphatic rings. The Morgan fingerprint density at radius 3 is 2.67 bits per heavy atom. The van der Waals surface area contributed by atoms with Gasteiger partial charge in [0.05, 0.1) is 24.4 Å². The molecule has 112 valence electrons. The van der Waals surface area contributed by atoms with Gasteiger partial charge in [-0.2, -0.15) is 5.10 Å². The number of aromatic nitrogens is 2. The molecule has 6 heteroatoms. The van der Waals surface area contributed by atoms with Gasteiger partial charge < -0.3 is 9.47 Å². The largest absolute Gasteiger partial charge is 0.383 e. The van der Waals surface area contributed by atoms with Gasteiger partial charge in [-0.25, -0.2) is 0 Å². The van der Waals surface area contributed by atoms with E-state index in [0.29, 0.717) is 23.9 Å². The Bertz CT molecular complexity index is 598. The molecule has 2 aromatic rings. The van der Waals surface area contributed by atoms with E-state index < -0.39 is 6.10 Å². The first-order valence-electron chi connectivity index (χ1n) is 6.51. The van der Waals surface area contributed by atoms with Gasteiger partial charge in [-0.05, 0) is 5.56 Å². The zero-order chi connectivity index (χ0) is 15.2. The summed E-state index contributed by atoms with van der Waals surface area (Å²) in [5, 5.41) is 4.43. The van der Waals surface area contributed by atoms with Crippen LogP contribution in [0.15, 0.2) is 36.5 Å². The fraction of sp³-hybridized carbons (Fsp3) is 0.333. The van der Waals surface area contributed by atoms with Crippen molar-refractivity contribution in [2.24, 2.45) is 0 Å². The predicted octanol–water partition coefficient (Wildman–Crippen LogP) is 2.75. The van der Waals surface area contributed by atoms with E-state index in [1.165, 1.54) is 13.3 Å². The maximum Gasteiger partial charge on any atom is 0.215 e. The van der Waals surface area contributed by atoms with Gasteiger partial charge >= 0.3 is 0 Å². The number of carbonyl (C=O) groups is 1. The Labute approximate surface area is 128 Å². The van der Waals surface area contributed by atoms with Crippen LogP contribution in [-0.2, 0) is 16.0 Å². The second-order valence-corrected chi connectivity index (χ2v) is 4.85. The summed E-state index contributed by atoms with van der Waals surface area (Å²) in [5.74, 6) is -0.220. The summed E-state index contributed by atoms with van der Waals surface area (Å²) >= 11 is 6.11. The van der Waals surface area contributed by atoms with Crippen molar-refractivity contribution in [3.8, 4) is 0 Å². The van der Waals surface area contributed by atoms with Crippen LogP contribution >= 0.6 is 11.6 Å². The van der Waals surface area contributed by atoms with Crippen LogP contribution in [0.3, 0.4) is 0 Å². The lowest BCUT2D eigenvalue weighted by Gasteiger charge is -2.15. The van der Waals surface area contributed by atoms with E-state index in [0.717, 1.165) is 5.56 Å². The lowest BCUT2D eigenvalue weighted by atomic mass is 10.0. The molecule has 1 aromatic heterocycles. The zero-order valence-corrected chi connectivity index (χ0v) is 12.7. The van der Waals surface area contributed by atoms with E-state index in [1.54, 1.807) is 11.8 Å². The SMILES string of the molecule is COCCn1ncc(Cl)c1C(=O)C(OC)c1ccccc1. The molecule has 1 aromatic carbocycles. The van der Waals surface area contributed by atoms with Gasteiger partial charge in [0.1, 0.15) is 11.8 Å². The normalized spacial score (nSPS) is 12.3. The second kappa shape index (κ2) is 7.36. The van der Waals surface area contributed by atoms with Crippen molar-refractivity contribution < 1.29 is 14.3 Å². The summed E-state index contributed by atoms with van der Waals surface area (Å²) in [6.07, 6.45) is 0.754. The van der Waals surface area contributed by atoms with E-state index in [1.807, 2.05) is 30.3 Å². The number of halogens is 1. The average molecular weight is 309 g/mol. The molecule has 0 amide bonds. The molecular weight excluding hydrogens is 292 g/mol. The number of rotatable bonds is 7. The molecule has 0 radical (unpaired) electrons. The monoisotopic (exact) mass is 308 g/mol. The fourth-order valence-electron chi connectivity index (χ4n) is 2.10. The highest BCUT2D eigenvalue weighted by Crippen LogP contribution is 2.25. The minimum Gasteiger partial charge on any atom is -0.383 e. The minimum atomic E-state index is -0.707. The molecule has 0 saturated carbocycles. The van der Waals surface area contributed by atoms with Gasteiger partial charge in [0, 0.05) is 14.2 Å². The van der Waals surface area contributed by atoms with Crippen LogP contribution in [0.4, 0.5) is 0 Å². The summed E-state index contributed by atoms with van der Waals surface area (Å²) in [6, 6.07) is 9.29. The molecule has 0 aliphatic carbocycles. The number of nitrogens with zero attached hydrogens (tertiary/aromatic N) is 2. The van der Waals surface area contributed by atoms with Crippen molar-refractivity contribution in [2.45, 2.75) is 12.6 Å². The highest BCUT2D eigenvalue weighted by molar-refractivity contribution is 6.33. The van der Waals surface area contributed by atoms with Gasteiger partial charge in [-0.3, -0.25) is 9.48 Å². The highest BCUT2D eigenvalue weighted by Gasteiger charge is 2.27. The van der Waals surface area contributed by atoms with Gasteiger partial charge in [0.25, 0.3) is 0 Å². The molecule has 1 atom stereocenters. The third-order valence-corrected chi connectivity index (χ3v) is 3.39. The van der Waals surface area contributed by atoms with E-state index in [2.05, 4.69) is 5.10 Å². The highest BCUT2D eigenvalue weighted by atomic mass is 35.5. The van der Waals surface area contributed by atoms with Crippen LogP contribution in [0.2, 0.25) is 5.02 Å². The number of hydrogen-bond acceptors (Lipinski definition) is 4. The Morgan fingerprint density at radius 2 is 2.05 bits per heavy atom. The van der Waals surface area contributed by atoms with Crippen molar-refractivity contribution in [3.63, 3.8) is 0 Å². The van der Waals surface area contributed by atoms with Crippen molar-refractivity contribution in [3.05, 3.63) is 52.8 Å². The molecular formula is C15H17ClN2O3. The molecule has 0 fully saturated rings. The molecule has 0 N–H and O–H groups in total. The molecule has 1 heterocycles. The first-order valence-corrected chi connectivity index (χ1v) is 6.89. The van der Waals surface area contributed by atoms with Crippen LogP contribution in [0, 0.1) is 0 Å². The third kappa shape index (κ3) is 3.50. The molecule has 1 unspecified atom stereocenters. The van der Waals surface area contributed by atoms with Crippen LogP contribution in [0.25, 0.3) is 0 Å². The van der Waals surface area contributed by atoms with E-state index in [9.17, 15) is 4.79 Å². The first-order chi connectivity index (χ1) is 10.2. The van der Waals surface area contributed by atoms with Crippen molar-refractivity contribution in [1.29, 1.82) is 0 Å². The topological polar surface area (TPSA) is 53.4 Å². The quantitative estimate of drug-likeness (QED) is 0.738. The second-order valence-electron chi connectivity index (χ2n) is 4.45. The molecule has 2 rings (SSSR count). The van der Waals surface area contributed by atoms with E-state index in [-0.39, 0.29) is 5.78 Å². The van der Waals surface area contributed by atoms with Crippen LogP contribution in [0.5, 0.6) is 0 Å². The number of carbonyl (C=O) groups excluding carboxylic acids is 1. The maximum absolute atomic E-state index is 12.7. The molecule has 0 spiro atoms. The lowest BCUT2D eigenvalue weighted by Crippen LogP contribution is -2.20. The molecule has 0 aliphatic heterocycles. The third-order valence-electron chi connectivity index (χ3n) is 3.11. The summed E-state index contributed by atoms with van der Waals surface area (Å²) in [5.41, 5.74) is 1.12. The van der Waals surface area contributed by atoms with Crippen LogP contribution in [-0.4, -0.2) is 36.4 Å². The summed E-state index contributed by atoms with van der Waals surface area (Å²) in [4.78, 5) is 12.7. The van der Waals surface area contributed by atoms with Crippen molar-refractivity contribution in [1.82, 2.24) is 9.78 Å². The summed E-state index contributed by atoms with van der Waals surface area (Å²) in [7, 11) is 3.09. The Hall–Kier alpha value is -1.69. The van der Waals surface area contributed by atoms with Gasteiger partial charge in [-0.15, -0.1) is 0 Å². The fourth-order valence-corrected chi connectivity index (χ4v) is 2.34. The number of Topliss-reactive ketones (excluding diaryl/α,β-unsaturated/α-hetero) is 1. The van der Waals surface area contributed by atoms with Gasteiger partial charge in [0.2, 0.25) is 5.78 Å². The van der Waals surface area contributed by atoms with Crippen molar-refractivity contribution >= 4 is 17.4 Å². The standard InChI is InChI=1S/C15H17ClN2O3/c1-20-9-8-18-13(12(16)10-17-18)14(19)15(21-2)11-6-4-3-5-7-11/h3-7,10,15H,8-9H2,1-2H3. The predicted molar refractivity (Wildman–Crippen MR) is 79.6 cm³/mol. The number of ether oxygens (including phenoxy) is 2. The molecule has 5 nitrogen and oxygen atoms in total. The number of ketones is 1. The van der Waals surface area contributed by atoms with Crippen LogP contribution < -0.4 is 0 Å². The van der Waals surface area contributed by atoms with Crippen molar-refractivity contribution in [2.75, 3.05) is 20.8 Å². The number of benzene rings is 1. The van der Waals surface area contributed by atoms with E-state index in [4.69, 9.17) is 21.1 Å². The van der Waals surface area contributed by atoms with Crippen LogP contribution in [0.1, 0.15) is 22.2 Å². The lowest BCUT2D eigenvalue weighted by molar-refractivity contribution is 0.0591. The van der Waals surface area contributed by atoms with E-state index >= 15 is 0 Å². The zero-order valence-electron chi connectivity index (χ0n) is 12.0. The smallest absolute Gasteiger partial charge is 0.215 e. The molecule has 21 heavy (non-hydrogen) atoms.